The van der Waals surface area contributed by atoms with Gasteiger partial charge in [-0.25, -0.2) is 4.98 Å². The van der Waals surface area contributed by atoms with Gasteiger partial charge in [0.25, 0.3) is 5.56 Å². The second kappa shape index (κ2) is 6.28. The number of rotatable bonds is 4. The minimum Gasteiger partial charge on any atom is -0.287 e. The third kappa shape index (κ3) is 2.90. The van der Waals surface area contributed by atoms with E-state index in [1.807, 2.05) is 6.92 Å². The van der Waals surface area contributed by atoms with Crippen molar-refractivity contribution in [1.29, 1.82) is 0 Å². The van der Waals surface area contributed by atoms with Gasteiger partial charge in [-0.15, -0.1) is 11.8 Å². The fourth-order valence-electron chi connectivity index (χ4n) is 2.43. The largest absolute Gasteiger partial charge is 0.287 e. The van der Waals surface area contributed by atoms with Crippen molar-refractivity contribution in [1.82, 2.24) is 9.55 Å². The third-order valence-corrected chi connectivity index (χ3v) is 5.81. The van der Waals surface area contributed by atoms with Crippen molar-refractivity contribution in [2.45, 2.75) is 42.6 Å². The average molecular weight is 318 g/mol. The van der Waals surface area contributed by atoms with Gasteiger partial charge in [-0.2, -0.15) is 0 Å². The molecular weight excluding hydrogens is 300 g/mol. The molecule has 1 aliphatic heterocycles. The number of benzene rings is 1. The molecule has 5 heteroatoms. The summed E-state index contributed by atoms with van der Waals surface area (Å²) in [7, 11) is 0. The van der Waals surface area contributed by atoms with Crippen LogP contribution in [0.5, 0.6) is 0 Å². The normalized spacial score (nSPS) is 13.4. The van der Waals surface area contributed by atoms with E-state index in [2.05, 4.69) is 31.2 Å². The topological polar surface area (TPSA) is 34.9 Å². The Balaban J connectivity index is 1.91. The van der Waals surface area contributed by atoms with E-state index in [9.17, 15) is 4.79 Å². The lowest BCUT2D eigenvalue weighted by Crippen LogP contribution is -2.24. The van der Waals surface area contributed by atoms with Gasteiger partial charge in [0.1, 0.15) is 0 Å². The Bertz CT molecular complexity index is 725. The van der Waals surface area contributed by atoms with Crippen molar-refractivity contribution in [3.8, 4) is 0 Å². The number of hydrogen-bond acceptors (Lipinski definition) is 4. The molecule has 0 N–H and O–H groups in total. The van der Waals surface area contributed by atoms with Crippen molar-refractivity contribution in [3.63, 3.8) is 0 Å². The Hall–Kier alpha value is -1.20. The number of thioether (sulfide) groups is 2. The molecule has 0 saturated carbocycles. The molecule has 1 aromatic carbocycles. The highest BCUT2D eigenvalue weighted by molar-refractivity contribution is 7.99. The van der Waals surface area contributed by atoms with Crippen molar-refractivity contribution >= 4 is 23.5 Å². The molecule has 0 radical (unpaired) electrons. The molecule has 3 nitrogen and oxygen atoms in total. The Morgan fingerprint density at radius 2 is 2.19 bits per heavy atom. The summed E-state index contributed by atoms with van der Waals surface area (Å²) in [5.74, 6) is 1.83. The average Bonchev–Trinajstić information content (AvgIpc) is 2.95. The highest BCUT2D eigenvalue weighted by Gasteiger charge is 2.21. The number of fused-ring (bicyclic) bond motifs is 1. The maximum atomic E-state index is 12.5. The van der Waals surface area contributed by atoms with E-state index in [0.717, 1.165) is 33.7 Å². The van der Waals surface area contributed by atoms with Gasteiger partial charge in [-0.1, -0.05) is 36.0 Å². The molecule has 1 aliphatic rings. The van der Waals surface area contributed by atoms with E-state index in [4.69, 9.17) is 4.98 Å². The zero-order valence-electron chi connectivity index (χ0n) is 12.3. The van der Waals surface area contributed by atoms with Gasteiger partial charge in [-0.3, -0.25) is 9.36 Å². The minimum atomic E-state index is 0.136. The van der Waals surface area contributed by atoms with E-state index in [-0.39, 0.29) is 5.56 Å². The molecule has 0 fully saturated rings. The van der Waals surface area contributed by atoms with E-state index >= 15 is 0 Å². The predicted molar refractivity (Wildman–Crippen MR) is 89.3 cm³/mol. The summed E-state index contributed by atoms with van der Waals surface area (Å²) < 4.78 is 1.81. The monoisotopic (exact) mass is 318 g/mol. The van der Waals surface area contributed by atoms with Crippen LogP contribution in [0.15, 0.2) is 39.1 Å². The quantitative estimate of drug-likeness (QED) is 0.638. The number of nitrogens with zero attached hydrogens (tertiary/aromatic N) is 2. The first-order chi connectivity index (χ1) is 10.2. The van der Waals surface area contributed by atoms with E-state index in [0.29, 0.717) is 6.54 Å². The Kier molecular flexibility index (Phi) is 4.40. The van der Waals surface area contributed by atoms with Crippen LogP contribution in [0.1, 0.15) is 23.7 Å². The number of aromatic nitrogens is 2. The lowest BCUT2D eigenvalue weighted by molar-refractivity contribution is 0.597. The summed E-state index contributed by atoms with van der Waals surface area (Å²) >= 11 is 3.31. The zero-order chi connectivity index (χ0) is 14.8. The Labute approximate surface area is 133 Å². The lowest BCUT2D eigenvalue weighted by atomic mass is 10.1. The zero-order valence-corrected chi connectivity index (χ0v) is 13.9. The van der Waals surface area contributed by atoms with Crippen molar-refractivity contribution in [2.75, 3.05) is 5.75 Å². The van der Waals surface area contributed by atoms with Gasteiger partial charge < -0.3 is 0 Å². The van der Waals surface area contributed by atoms with Crippen LogP contribution in [0.3, 0.4) is 0 Å². The standard InChI is InChI=1S/C16H18N2OS2/c1-3-18-15(19)14-13(8-9-20-14)17-16(18)21-10-12-7-5-4-6-11(12)2/h4-7H,3,8-10H2,1-2H3. The van der Waals surface area contributed by atoms with Crippen LogP contribution in [0.4, 0.5) is 0 Å². The molecule has 2 aromatic rings. The SMILES string of the molecule is CCn1c(SCc2ccccc2C)nc2c(c1=O)SCC2. The highest BCUT2D eigenvalue weighted by Crippen LogP contribution is 2.29. The lowest BCUT2D eigenvalue weighted by Gasteiger charge is -2.12. The summed E-state index contributed by atoms with van der Waals surface area (Å²) in [4.78, 5) is 18.1. The minimum absolute atomic E-state index is 0.136. The van der Waals surface area contributed by atoms with Crippen LogP contribution in [0, 0.1) is 6.92 Å². The smallest absolute Gasteiger partial charge is 0.268 e. The van der Waals surface area contributed by atoms with Gasteiger partial charge >= 0.3 is 0 Å². The first-order valence-electron chi connectivity index (χ1n) is 7.14. The van der Waals surface area contributed by atoms with Crippen LogP contribution in [0.2, 0.25) is 0 Å². The van der Waals surface area contributed by atoms with Crippen molar-refractivity contribution in [3.05, 3.63) is 51.4 Å². The molecule has 0 unspecified atom stereocenters. The summed E-state index contributed by atoms with van der Waals surface area (Å²) in [5.41, 5.74) is 3.71. The van der Waals surface area contributed by atoms with Crippen LogP contribution < -0.4 is 5.56 Å². The molecule has 0 aliphatic carbocycles. The predicted octanol–water partition coefficient (Wildman–Crippen LogP) is 3.51. The van der Waals surface area contributed by atoms with Crippen LogP contribution >= 0.6 is 23.5 Å². The van der Waals surface area contributed by atoms with Crippen LogP contribution in [-0.4, -0.2) is 15.3 Å². The van der Waals surface area contributed by atoms with Crippen molar-refractivity contribution < 1.29 is 0 Å². The highest BCUT2D eigenvalue weighted by atomic mass is 32.2. The number of hydrogen-bond donors (Lipinski definition) is 0. The van der Waals surface area contributed by atoms with Gasteiger partial charge in [0, 0.05) is 24.5 Å². The maximum absolute atomic E-state index is 12.5. The fraction of sp³-hybridized carbons (Fsp3) is 0.375. The second-order valence-corrected chi connectivity index (χ2v) is 7.08. The maximum Gasteiger partial charge on any atom is 0.268 e. The first-order valence-corrected chi connectivity index (χ1v) is 9.11. The third-order valence-electron chi connectivity index (χ3n) is 3.68. The van der Waals surface area contributed by atoms with Crippen LogP contribution in [-0.2, 0) is 18.7 Å². The molecule has 0 amide bonds. The molecule has 0 bridgehead atoms. The van der Waals surface area contributed by atoms with Gasteiger partial charge in [0.05, 0.1) is 10.6 Å². The molecule has 0 atom stereocenters. The van der Waals surface area contributed by atoms with E-state index in [1.54, 1.807) is 28.1 Å². The van der Waals surface area contributed by atoms with Crippen molar-refractivity contribution in [2.24, 2.45) is 0 Å². The first kappa shape index (κ1) is 14.7. The van der Waals surface area contributed by atoms with E-state index < -0.39 is 0 Å². The fourth-order valence-corrected chi connectivity index (χ4v) is 4.63. The van der Waals surface area contributed by atoms with E-state index in [1.165, 1.54) is 11.1 Å². The summed E-state index contributed by atoms with van der Waals surface area (Å²) in [5, 5.41) is 0.854. The second-order valence-electron chi connectivity index (χ2n) is 5.03. The van der Waals surface area contributed by atoms with Gasteiger partial charge in [-0.05, 0) is 25.0 Å². The summed E-state index contributed by atoms with van der Waals surface area (Å²) in [6, 6.07) is 8.37. The summed E-state index contributed by atoms with van der Waals surface area (Å²) in [6.07, 6.45) is 0.914. The molecule has 3 rings (SSSR count). The molecule has 1 aromatic heterocycles. The molecule has 0 spiro atoms. The molecule has 2 heterocycles. The number of aryl methyl sites for hydroxylation is 2. The Morgan fingerprint density at radius 1 is 1.38 bits per heavy atom. The molecule has 0 saturated heterocycles. The van der Waals surface area contributed by atoms with Gasteiger partial charge in [0.2, 0.25) is 0 Å². The van der Waals surface area contributed by atoms with Gasteiger partial charge in [0.15, 0.2) is 5.16 Å². The molecule has 21 heavy (non-hydrogen) atoms. The Morgan fingerprint density at radius 3 is 2.95 bits per heavy atom. The summed E-state index contributed by atoms with van der Waals surface area (Å²) in [6.45, 7) is 4.80. The molecular formula is C16H18N2OS2. The van der Waals surface area contributed by atoms with Crippen LogP contribution in [0.25, 0.3) is 0 Å². The molecule has 110 valence electrons.